The van der Waals surface area contributed by atoms with E-state index in [2.05, 4.69) is 17.3 Å². The molecule has 0 radical (unpaired) electrons. The highest BCUT2D eigenvalue weighted by atomic mass is 35.5. The Kier molecular flexibility index (Phi) is 8.55. The largest absolute Gasteiger partial charge is 0.496 e. The standard InChI is InChI=1S/C25H33ClF3N3O2/c1-5-32-23(19-11-10-18(13-20(19)34-4)12-16(3)25(27,28)29)21(26)22(31-32)24(33)30-14-17-8-6-15(2)7-9-17/h10-11,13,15-17H,5-9,12,14H2,1-4H3,(H,30,33)/t15?,16-,17?/m1/s1. The molecule has 3 rings (SSSR count). The second kappa shape index (κ2) is 11.0. The molecule has 1 saturated carbocycles. The molecule has 1 N–H and O–H groups in total. The van der Waals surface area contributed by atoms with E-state index in [1.54, 1.807) is 22.9 Å². The number of nitrogens with one attached hydrogen (secondary N) is 1. The zero-order valence-electron chi connectivity index (χ0n) is 20.1. The molecule has 9 heteroatoms. The smallest absolute Gasteiger partial charge is 0.391 e. The monoisotopic (exact) mass is 499 g/mol. The Bertz CT molecular complexity index is 998. The minimum atomic E-state index is -4.27. The molecule has 0 aliphatic heterocycles. The lowest BCUT2D eigenvalue weighted by molar-refractivity contribution is -0.169. The molecule has 188 valence electrons. The predicted octanol–water partition coefficient (Wildman–Crippen LogP) is 6.53. The van der Waals surface area contributed by atoms with Crippen molar-refractivity contribution in [1.82, 2.24) is 15.1 Å². The van der Waals surface area contributed by atoms with Gasteiger partial charge in [-0.1, -0.05) is 44.4 Å². The summed E-state index contributed by atoms with van der Waals surface area (Å²) in [4.78, 5) is 12.9. The third kappa shape index (κ3) is 6.06. The molecule has 2 aromatic rings. The lowest BCUT2D eigenvalue weighted by atomic mass is 9.83. The van der Waals surface area contributed by atoms with Gasteiger partial charge in [-0.3, -0.25) is 9.48 Å². The Labute approximate surface area is 204 Å². The summed E-state index contributed by atoms with van der Waals surface area (Å²) in [6.45, 7) is 6.33. The van der Waals surface area contributed by atoms with Crippen LogP contribution >= 0.6 is 11.6 Å². The third-order valence-corrected chi connectivity index (χ3v) is 7.08. The summed E-state index contributed by atoms with van der Waals surface area (Å²) in [6, 6.07) is 4.90. The molecule has 0 saturated heterocycles. The van der Waals surface area contributed by atoms with Crippen molar-refractivity contribution in [3.8, 4) is 17.0 Å². The van der Waals surface area contributed by atoms with E-state index in [0.717, 1.165) is 25.7 Å². The van der Waals surface area contributed by atoms with E-state index in [-0.39, 0.29) is 23.0 Å². The third-order valence-electron chi connectivity index (χ3n) is 6.72. The van der Waals surface area contributed by atoms with Gasteiger partial charge in [0.2, 0.25) is 0 Å². The van der Waals surface area contributed by atoms with E-state index < -0.39 is 12.1 Å². The maximum atomic E-state index is 13.0. The van der Waals surface area contributed by atoms with Crippen LogP contribution in [0.15, 0.2) is 18.2 Å². The number of carbonyl (C=O) groups excluding carboxylic acids is 1. The zero-order chi connectivity index (χ0) is 25.0. The molecular formula is C25H33ClF3N3O2. The van der Waals surface area contributed by atoms with Crippen LogP contribution in [0.4, 0.5) is 13.2 Å². The number of benzene rings is 1. The molecule has 1 atom stereocenters. The Morgan fingerprint density at radius 1 is 1.29 bits per heavy atom. The Morgan fingerprint density at radius 2 is 1.97 bits per heavy atom. The molecular weight excluding hydrogens is 467 g/mol. The van der Waals surface area contributed by atoms with E-state index in [0.29, 0.717) is 41.6 Å². The number of hydrogen-bond donors (Lipinski definition) is 1. The molecule has 1 aromatic carbocycles. The molecule has 1 fully saturated rings. The SMILES string of the molecule is CCn1nc(C(=O)NCC2CCC(C)CC2)c(Cl)c1-c1ccc(C[C@@H](C)C(F)(F)F)cc1OC. The number of carbonyl (C=O) groups is 1. The van der Waals surface area contributed by atoms with E-state index >= 15 is 0 Å². The van der Waals surface area contributed by atoms with Gasteiger partial charge < -0.3 is 10.1 Å². The fourth-order valence-corrected chi connectivity index (χ4v) is 4.78. The van der Waals surface area contributed by atoms with Crippen molar-refractivity contribution in [2.75, 3.05) is 13.7 Å². The van der Waals surface area contributed by atoms with Gasteiger partial charge in [-0.05, 0) is 55.7 Å². The fourth-order valence-electron chi connectivity index (χ4n) is 4.45. The van der Waals surface area contributed by atoms with Crippen LogP contribution in [-0.4, -0.2) is 35.5 Å². The number of aromatic nitrogens is 2. The molecule has 34 heavy (non-hydrogen) atoms. The first-order valence-electron chi connectivity index (χ1n) is 11.8. The van der Waals surface area contributed by atoms with Gasteiger partial charge in [0, 0.05) is 18.7 Å². The maximum Gasteiger partial charge on any atom is 0.391 e. The summed E-state index contributed by atoms with van der Waals surface area (Å²) in [7, 11) is 1.45. The van der Waals surface area contributed by atoms with Crippen LogP contribution in [0, 0.1) is 17.8 Å². The zero-order valence-corrected chi connectivity index (χ0v) is 20.9. The molecule has 5 nitrogen and oxygen atoms in total. The lowest BCUT2D eigenvalue weighted by Gasteiger charge is -2.26. The van der Waals surface area contributed by atoms with Gasteiger partial charge in [-0.2, -0.15) is 18.3 Å². The van der Waals surface area contributed by atoms with Crippen molar-refractivity contribution >= 4 is 17.5 Å². The molecule has 1 heterocycles. The fraction of sp³-hybridized carbons (Fsp3) is 0.600. The highest BCUT2D eigenvalue weighted by molar-refractivity contribution is 6.36. The van der Waals surface area contributed by atoms with E-state index in [4.69, 9.17) is 16.3 Å². The van der Waals surface area contributed by atoms with Gasteiger partial charge >= 0.3 is 6.18 Å². The van der Waals surface area contributed by atoms with Crippen LogP contribution in [0.2, 0.25) is 5.02 Å². The molecule has 1 aromatic heterocycles. The summed E-state index contributed by atoms with van der Waals surface area (Å²) in [5, 5.41) is 7.60. The normalized spacial score (nSPS) is 19.6. The Balaban J connectivity index is 1.83. The Hall–Kier alpha value is -2.22. The highest BCUT2D eigenvalue weighted by Crippen LogP contribution is 2.38. The summed E-state index contributed by atoms with van der Waals surface area (Å²) in [5.41, 5.74) is 1.72. The molecule has 1 amide bonds. The number of amides is 1. The predicted molar refractivity (Wildman–Crippen MR) is 127 cm³/mol. The van der Waals surface area contributed by atoms with Gasteiger partial charge in [-0.25, -0.2) is 0 Å². The number of rotatable bonds is 8. The molecule has 0 bridgehead atoms. The van der Waals surface area contributed by atoms with Gasteiger partial charge in [-0.15, -0.1) is 0 Å². The highest BCUT2D eigenvalue weighted by Gasteiger charge is 2.36. The first-order chi connectivity index (χ1) is 16.0. The molecule has 1 aliphatic carbocycles. The summed E-state index contributed by atoms with van der Waals surface area (Å²) in [6.07, 6.45) is 0.115. The molecule has 0 spiro atoms. The average Bonchev–Trinajstić information content (AvgIpc) is 3.13. The van der Waals surface area contributed by atoms with Crippen molar-refractivity contribution in [1.29, 1.82) is 0 Å². The van der Waals surface area contributed by atoms with E-state index in [1.165, 1.54) is 20.0 Å². The van der Waals surface area contributed by atoms with Crippen LogP contribution in [0.5, 0.6) is 5.75 Å². The summed E-state index contributed by atoms with van der Waals surface area (Å²) in [5.74, 6) is -0.227. The maximum absolute atomic E-state index is 13.0. The number of aryl methyl sites for hydroxylation is 1. The van der Waals surface area contributed by atoms with Crippen LogP contribution < -0.4 is 10.1 Å². The van der Waals surface area contributed by atoms with Crippen LogP contribution in [0.3, 0.4) is 0 Å². The van der Waals surface area contributed by atoms with Crippen molar-refractivity contribution < 1.29 is 22.7 Å². The number of nitrogens with zero attached hydrogens (tertiary/aromatic N) is 2. The van der Waals surface area contributed by atoms with Gasteiger partial charge in [0.15, 0.2) is 5.69 Å². The first-order valence-corrected chi connectivity index (χ1v) is 12.2. The molecule has 1 aliphatic rings. The minimum absolute atomic E-state index is 0.138. The molecule has 0 unspecified atom stereocenters. The second-order valence-corrected chi connectivity index (χ2v) is 9.72. The van der Waals surface area contributed by atoms with E-state index in [1.807, 2.05) is 6.92 Å². The lowest BCUT2D eigenvalue weighted by Crippen LogP contribution is -2.31. The second-order valence-electron chi connectivity index (χ2n) is 9.34. The topological polar surface area (TPSA) is 56.2 Å². The van der Waals surface area contributed by atoms with Crippen LogP contribution in [0.1, 0.15) is 62.5 Å². The van der Waals surface area contributed by atoms with Crippen LogP contribution in [-0.2, 0) is 13.0 Å². The quantitative estimate of drug-likeness (QED) is 0.449. The van der Waals surface area contributed by atoms with Gasteiger partial charge in [0.1, 0.15) is 5.75 Å². The van der Waals surface area contributed by atoms with Gasteiger partial charge in [0.05, 0.1) is 23.7 Å². The number of halogens is 4. The average molecular weight is 500 g/mol. The van der Waals surface area contributed by atoms with Crippen molar-refractivity contribution in [3.63, 3.8) is 0 Å². The van der Waals surface area contributed by atoms with Crippen molar-refractivity contribution in [2.45, 2.75) is 65.6 Å². The van der Waals surface area contributed by atoms with Crippen LogP contribution in [0.25, 0.3) is 11.3 Å². The van der Waals surface area contributed by atoms with E-state index in [9.17, 15) is 18.0 Å². The van der Waals surface area contributed by atoms with Crippen molar-refractivity contribution in [3.05, 3.63) is 34.5 Å². The number of methoxy groups -OCH3 is 1. The summed E-state index contributed by atoms with van der Waals surface area (Å²) >= 11 is 6.64. The minimum Gasteiger partial charge on any atom is -0.496 e. The van der Waals surface area contributed by atoms with Gasteiger partial charge in [0.25, 0.3) is 5.91 Å². The first kappa shape index (κ1) is 26.4. The number of ether oxygens (including phenoxy) is 1. The number of alkyl halides is 3. The number of hydrogen-bond acceptors (Lipinski definition) is 3. The summed E-state index contributed by atoms with van der Waals surface area (Å²) < 4.78 is 46.1. The van der Waals surface area contributed by atoms with Crippen molar-refractivity contribution in [2.24, 2.45) is 17.8 Å². The Morgan fingerprint density at radius 3 is 2.56 bits per heavy atom.